The number of nitrogens with two attached hydrogens (primary N) is 4. The Kier molecular flexibility index (Phi) is 31.0. The fourth-order valence-electron chi connectivity index (χ4n) is 8.69. The van der Waals surface area contributed by atoms with Gasteiger partial charge in [0, 0.05) is 38.4 Å². The van der Waals surface area contributed by atoms with Gasteiger partial charge in [-0.1, -0.05) is 39.8 Å². The molecule has 1 aliphatic rings. The number of nitro benzene ring substituents is 2. The van der Waals surface area contributed by atoms with Crippen molar-refractivity contribution in [1.29, 1.82) is 0 Å². The summed E-state index contributed by atoms with van der Waals surface area (Å²) in [7, 11) is 1.67. The summed E-state index contributed by atoms with van der Waals surface area (Å²) in [5.74, 6) is -10.3. The lowest BCUT2D eigenvalue weighted by atomic mass is 10.0. The van der Waals surface area contributed by atoms with Crippen LogP contribution in [0.1, 0.15) is 103 Å². The quantitative estimate of drug-likeness (QED) is 0.0141. The van der Waals surface area contributed by atoms with Crippen LogP contribution in [0.15, 0.2) is 47.5 Å². The molecule has 9 amide bonds. The predicted octanol–water partition coefficient (Wildman–Crippen LogP) is -0.300. The number of alkyl halides is 3. The molecule has 1 fully saturated rings. The molecule has 3 rings (SSSR count). The van der Waals surface area contributed by atoms with Crippen molar-refractivity contribution in [2.75, 3.05) is 50.4 Å². The normalized spacial score (nSPS) is 14.8. The molecular weight excluding hydrogens is 1170 g/mol. The van der Waals surface area contributed by atoms with Gasteiger partial charge in [0.05, 0.1) is 28.0 Å². The van der Waals surface area contributed by atoms with Gasteiger partial charge in [0.2, 0.25) is 47.3 Å². The van der Waals surface area contributed by atoms with Crippen LogP contribution in [-0.2, 0) is 43.2 Å². The Hall–Kier alpha value is -9.44. The third kappa shape index (κ3) is 25.6. The second-order valence-electron chi connectivity index (χ2n) is 21.1. The lowest BCUT2D eigenvalue weighted by Gasteiger charge is -2.30. The number of primary amides is 1. The highest BCUT2D eigenvalue weighted by molar-refractivity contribution is 6.03. The van der Waals surface area contributed by atoms with E-state index in [-0.39, 0.29) is 75.1 Å². The number of carbonyl (C=O) groups excluding carboxylic acids is 9. The number of hydrogen-bond acceptors (Lipinski definition) is 18. The van der Waals surface area contributed by atoms with Gasteiger partial charge in [-0.25, -0.2) is 4.79 Å². The highest BCUT2D eigenvalue weighted by atomic mass is 19.4. The minimum Gasteiger partial charge on any atom is -0.475 e. The number of hydrogen-bond donors (Lipinski definition) is 14. The van der Waals surface area contributed by atoms with Crippen molar-refractivity contribution in [2.24, 2.45) is 39.8 Å². The Bertz CT molecular complexity index is 2820. The number of non-ortho nitro benzene ring substituents is 1. The Morgan fingerprint density at radius 2 is 1.32 bits per heavy atom. The maximum atomic E-state index is 14.2. The van der Waals surface area contributed by atoms with Crippen LogP contribution in [0.25, 0.3) is 0 Å². The summed E-state index contributed by atoms with van der Waals surface area (Å²) in [4.78, 5) is 158. The van der Waals surface area contributed by atoms with E-state index in [1.54, 1.807) is 45.2 Å². The van der Waals surface area contributed by atoms with E-state index in [2.05, 4.69) is 52.8 Å². The lowest BCUT2D eigenvalue weighted by Crippen LogP contribution is -2.59. The zero-order chi connectivity index (χ0) is 66.6. The number of nitro groups is 2. The molecule has 18 N–H and O–H groups in total. The van der Waals surface area contributed by atoms with Crippen LogP contribution in [0.2, 0.25) is 0 Å². The second kappa shape index (κ2) is 36.5. The van der Waals surface area contributed by atoms with Crippen LogP contribution in [-0.4, -0.2) is 173 Å². The van der Waals surface area contributed by atoms with Gasteiger partial charge in [-0.3, -0.25) is 68.4 Å². The Morgan fingerprint density at radius 1 is 0.727 bits per heavy atom. The number of carboxylic acids is 1. The number of nitrogens with one attached hydrogen (secondary N) is 9. The van der Waals surface area contributed by atoms with Crippen molar-refractivity contribution in [3.05, 3.63) is 68.3 Å². The number of halogens is 3. The van der Waals surface area contributed by atoms with Gasteiger partial charge in [0.25, 0.3) is 17.3 Å². The number of unbranched alkanes of at least 4 members (excludes halogenated alkanes) is 1. The monoisotopic (exact) mass is 1250 g/mol. The van der Waals surface area contributed by atoms with Crippen LogP contribution in [0.3, 0.4) is 0 Å². The molecular formula is C53H80F3N17O15. The van der Waals surface area contributed by atoms with Crippen LogP contribution in [0, 0.1) is 32.1 Å². The SMILES string of the molecule is CNc1ccccc1C(=O)N[C@@H](CCCCN)C(=O)N1CCC[C@H]1C(=O)N[C@@H](CC(C)C)C(=O)NCC(=O)N[C@@H](CC(C)C)C(=O)N[C@@H](CNc1ccc([N+](=O)[O-])cc1[N+](=O)[O-])C(=O)N[C@@H](C)C(=O)N[C@@H](CCCN=C(N)N)C(N)=O.O=C(O)C(F)(F)F. The number of guanidine groups is 1. The molecule has 0 aromatic heterocycles. The molecule has 0 aliphatic carbocycles. The van der Waals surface area contributed by atoms with E-state index in [4.69, 9.17) is 32.8 Å². The van der Waals surface area contributed by atoms with Gasteiger partial charge in [0.1, 0.15) is 48.0 Å². The van der Waals surface area contributed by atoms with Crippen molar-refractivity contribution >= 4 is 87.8 Å². The lowest BCUT2D eigenvalue weighted by molar-refractivity contribution is -0.393. The van der Waals surface area contributed by atoms with E-state index < -0.39 is 142 Å². The number of likely N-dealkylation sites (tertiary alicyclic amines) is 1. The van der Waals surface area contributed by atoms with Crippen LogP contribution in [0.4, 0.5) is 35.9 Å². The Morgan fingerprint density at radius 3 is 1.88 bits per heavy atom. The summed E-state index contributed by atoms with van der Waals surface area (Å²) in [6, 6.07) is 0.660. The summed E-state index contributed by atoms with van der Waals surface area (Å²) in [5.41, 5.74) is 21.1. The van der Waals surface area contributed by atoms with Crippen molar-refractivity contribution in [1.82, 2.24) is 42.1 Å². The number of anilines is 2. The summed E-state index contributed by atoms with van der Waals surface area (Å²) in [6.45, 7) is 7.72. The molecule has 88 heavy (non-hydrogen) atoms. The second-order valence-corrected chi connectivity index (χ2v) is 21.1. The van der Waals surface area contributed by atoms with Crippen molar-refractivity contribution < 1.29 is 76.1 Å². The molecule has 7 atom stereocenters. The molecule has 32 nitrogen and oxygen atoms in total. The highest BCUT2D eigenvalue weighted by Crippen LogP contribution is 2.29. The fraction of sp³-hybridized carbons (Fsp3) is 0.566. The molecule has 1 aliphatic heterocycles. The summed E-state index contributed by atoms with van der Waals surface area (Å²) < 4.78 is 31.7. The van der Waals surface area contributed by atoms with Crippen LogP contribution in [0.5, 0.6) is 0 Å². The zero-order valence-corrected chi connectivity index (χ0v) is 49.5. The molecule has 0 unspecified atom stereocenters. The largest absolute Gasteiger partial charge is 0.490 e. The van der Waals surface area contributed by atoms with Crippen molar-refractivity contribution in [2.45, 2.75) is 141 Å². The molecule has 35 heteroatoms. The third-order valence-electron chi connectivity index (χ3n) is 13.1. The number of nitrogens with zero attached hydrogens (tertiary/aromatic N) is 4. The number of aliphatic carboxylic acids is 1. The van der Waals surface area contributed by atoms with Gasteiger partial charge < -0.3 is 80.8 Å². The van der Waals surface area contributed by atoms with Crippen molar-refractivity contribution in [3.63, 3.8) is 0 Å². The van der Waals surface area contributed by atoms with Gasteiger partial charge in [-0.05, 0) is 101 Å². The maximum absolute atomic E-state index is 14.2. The number of aliphatic imine (C=N–C) groups is 1. The first-order chi connectivity index (χ1) is 41.2. The number of amides is 9. The number of rotatable bonds is 34. The maximum Gasteiger partial charge on any atom is 0.490 e. The number of para-hydroxylation sites is 1. The molecule has 1 heterocycles. The summed E-state index contributed by atoms with van der Waals surface area (Å²) >= 11 is 0. The van der Waals surface area contributed by atoms with E-state index in [9.17, 15) is 76.6 Å². The first-order valence-electron chi connectivity index (χ1n) is 27.9. The van der Waals surface area contributed by atoms with Crippen LogP contribution >= 0.6 is 0 Å². The summed E-state index contributed by atoms with van der Waals surface area (Å²) in [6.07, 6.45) is -2.64. The topological polar surface area (TPSA) is 505 Å². The minimum absolute atomic E-state index is 0.0231. The van der Waals surface area contributed by atoms with E-state index in [0.29, 0.717) is 43.1 Å². The predicted molar refractivity (Wildman–Crippen MR) is 313 cm³/mol. The molecule has 2 aromatic rings. The molecule has 1 saturated heterocycles. The average Bonchev–Trinajstić information content (AvgIpc) is 4.17. The summed E-state index contributed by atoms with van der Waals surface area (Å²) in [5, 5.41) is 54.1. The minimum atomic E-state index is -5.08. The van der Waals surface area contributed by atoms with Gasteiger partial charge in [-0.15, -0.1) is 0 Å². The molecule has 0 saturated carbocycles. The van der Waals surface area contributed by atoms with E-state index in [1.807, 2.05) is 13.8 Å². The number of carboxylic acid groups (broad SMARTS) is 1. The van der Waals surface area contributed by atoms with E-state index >= 15 is 0 Å². The molecule has 2 aromatic carbocycles. The Balaban J connectivity index is 0.00000354. The van der Waals surface area contributed by atoms with Gasteiger partial charge in [0.15, 0.2) is 5.96 Å². The molecule has 0 spiro atoms. The highest BCUT2D eigenvalue weighted by Gasteiger charge is 2.40. The van der Waals surface area contributed by atoms with E-state index in [1.165, 1.54) is 11.8 Å². The Labute approximate surface area is 504 Å². The fourth-order valence-corrected chi connectivity index (χ4v) is 8.69. The molecule has 488 valence electrons. The molecule has 0 radical (unpaired) electrons. The first-order valence-corrected chi connectivity index (χ1v) is 27.9. The molecule has 0 bridgehead atoms. The zero-order valence-electron chi connectivity index (χ0n) is 49.5. The number of carbonyl (C=O) groups is 10. The van der Waals surface area contributed by atoms with Gasteiger partial charge >= 0.3 is 12.1 Å². The smallest absolute Gasteiger partial charge is 0.475 e. The average molecular weight is 1250 g/mol. The van der Waals surface area contributed by atoms with E-state index in [0.717, 1.165) is 12.1 Å². The van der Waals surface area contributed by atoms with Gasteiger partial charge in [-0.2, -0.15) is 13.2 Å². The standard InChI is InChI=1S/C51H79N17O13.C2HF3O2/c1-28(2)23-37(64-49(76)40-17-12-22-66(40)50(77)36(15-9-10-20-52)63-45(72)32-13-7-8-14-33(32)56-6)46(73)59-27-42(69)61-38(24-29(3)4)47(74)65-39(26-58-34-19-18-31(67(78)79)25-41(34)68(80)81)48(75)60-30(5)44(71)62-35(43(53)70)16-11-21-57-51(54)55;3-2(4,5)1(6)7/h7-8,13-14,18-19,25,28-30,35-40,56,58H,9-12,15-17,20-24,26-27,52H2,1-6H3,(H2,53,70)(H,59,73)(H,60,75)(H,61,69)(H,62,71)(H,63,72)(H,64,76)(H,65,74)(H4,54,55,57);(H,6,7)/t30-,35-,36-,37-,38-,39-,40-;/m0./s1. The third-order valence-corrected chi connectivity index (χ3v) is 13.1. The van der Waals surface area contributed by atoms with Crippen molar-refractivity contribution in [3.8, 4) is 0 Å². The van der Waals surface area contributed by atoms with Crippen LogP contribution < -0.4 is 70.8 Å². The number of benzene rings is 2. The first kappa shape index (κ1) is 74.7.